The molecule has 0 fully saturated rings. The Labute approximate surface area is 233 Å². The number of hydrogen-bond acceptors (Lipinski definition) is 0. The minimum Gasteiger partial charge on any atom is -0.0654 e. The lowest BCUT2D eigenvalue weighted by molar-refractivity contribution is 0.244. The largest absolute Gasteiger partial charge is 0.0654 e. The quantitative estimate of drug-likeness (QED) is 0.121. The first-order valence-electron chi connectivity index (χ1n) is 17.4. The Morgan fingerprint density at radius 2 is 0.472 bits per heavy atom. The molecule has 0 aliphatic heterocycles. The van der Waals surface area contributed by atoms with Gasteiger partial charge in [0.15, 0.2) is 0 Å². The summed E-state index contributed by atoms with van der Waals surface area (Å²) >= 11 is 0. The fourth-order valence-electron chi connectivity index (χ4n) is 6.77. The van der Waals surface area contributed by atoms with Crippen molar-refractivity contribution in [3.8, 4) is 0 Å². The zero-order chi connectivity index (χ0) is 27.6. The van der Waals surface area contributed by atoms with Crippen molar-refractivity contribution < 1.29 is 0 Å². The van der Waals surface area contributed by atoms with Crippen LogP contribution < -0.4 is 0 Å². The molecule has 5 atom stereocenters. The van der Waals surface area contributed by atoms with Crippen molar-refractivity contribution in [2.75, 3.05) is 0 Å². The highest BCUT2D eigenvalue weighted by Gasteiger charge is 2.20. The lowest BCUT2D eigenvalue weighted by Gasteiger charge is -2.28. The van der Waals surface area contributed by atoms with Crippen LogP contribution in [0.1, 0.15) is 198 Å². The van der Waals surface area contributed by atoms with Gasteiger partial charge in [-0.3, -0.25) is 0 Å². The number of rotatable bonds is 24. The van der Waals surface area contributed by atoms with Gasteiger partial charge in [-0.05, 0) is 54.8 Å². The smallest absolute Gasteiger partial charge is 0.0409 e. The van der Waals surface area contributed by atoms with Crippen LogP contribution in [-0.4, -0.2) is 0 Å². The molecule has 0 saturated carbocycles. The van der Waals surface area contributed by atoms with E-state index in [2.05, 4.69) is 69.2 Å². The summed E-state index contributed by atoms with van der Waals surface area (Å²) in [7, 11) is 0. The van der Waals surface area contributed by atoms with Gasteiger partial charge >= 0.3 is 0 Å². The highest BCUT2D eigenvalue weighted by atomic mass is 14.3. The molecule has 0 bridgehead atoms. The summed E-state index contributed by atoms with van der Waals surface area (Å²) in [4.78, 5) is 0. The van der Waals surface area contributed by atoms with E-state index < -0.39 is 0 Å². The zero-order valence-electron chi connectivity index (χ0n) is 27.6. The van der Waals surface area contributed by atoms with Crippen molar-refractivity contribution in [1.29, 1.82) is 0 Å². The Morgan fingerprint density at radius 1 is 0.250 bits per heavy atom. The lowest BCUT2D eigenvalue weighted by Crippen LogP contribution is -2.15. The first kappa shape index (κ1) is 38.1. The summed E-state index contributed by atoms with van der Waals surface area (Å²) in [5, 5.41) is 0. The van der Waals surface area contributed by atoms with Crippen LogP contribution in [0.4, 0.5) is 0 Å². The van der Waals surface area contributed by atoms with Gasteiger partial charge < -0.3 is 0 Å². The molecular formula is C36H76. The first-order chi connectivity index (χ1) is 17.4. The maximum atomic E-state index is 2.41. The second kappa shape index (κ2) is 28.0. The van der Waals surface area contributed by atoms with Gasteiger partial charge in [-0.1, -0.05) is 178 Å². The molecule has 0 heterocycles. The summed E-state index contributed by atoms with van der Waals surface area (Å²) in [5.41, 5.74) is 0. The Hall–Kier alpha value is 0. The van der Waals surface area contributed by atoms with Crippen LogP contribution in [-0.2, 0) is 0 Å². The molecule has 0 nitrogen and oxygen atoms in total. The predicted octanol–water partition coefficient (Wildman–Crippen LogP) is 13.7. The topological polar surface area (TPSA) is 0 Å². The van der Waals surface area contributed by atoms with E-state index in [4.69, 9.17) is 0 Å². The van der Waals surface area contributed by atoms with E-state index in [-0.39, 0.29) is 0 Å². The summed E-state index contributed by atoms with van der Waals surface area (Å²) in [6.45, 7) is 23.6. The van der Waals surface area contributed by atoms with Gasteiger partial charge in [0.1, 0.15) is 0 Å². The highest BCUT2D eigenvalue weighted by Crippen LogP contribution is 2.33. The first-order valence-corrected chi connectivity index (χ1v) is 17.4. The maximum absolute atomic E-state index is 2.41. The SMILES string of the molecule is CCCC(CC)CC(CC)CCC.CCCC(CC)CCC(CC(CC)CCC)CC(CC)CCC. The molecule has 0 aromatic rings. The van der Waals surface area contributed by atoms with Gasteiger partial charge in [0.05, 0.1) is 0 Å². The third-order valence-electron chi connectivity index (χ3n) is 9.35. The van der Waals surface area contributed by atoms with Crippen molar-refractivity contribution in [3.05, 3.63) is 0 Å². The van der Waals surface area contributed by atoms with Crippen LogP contribution in [0.15, 0.2) is 0 Å². The maximum Gasteiger partial charge on any atom is -0.0409 e. The summed E-state index contributed by atoms with van der Waals surface area (Å²) in [6.07, 6.45) is 28.5. The van der Waals surface area contributed by atoms with E-state index in [1.807, 2.05) is 0 Å². The van der Waals surface area contributed by atoms with Crippen LogP contribution in [0.3, 0.4) is 0 Å². The van der Waals surface area contributed by atoms with Crippen LogP contribution in [0, 0.1) is 35.5 Å². The summed E-state index contributed by atoms with van der Waals surface area (Å²) < 4.78 is 0. The molecule has 0 amide bonds. The molecule has 0 aromatic heterocycles. The second-order valence-corrected chi connectivity index (χ2v) is 12.5. The van der Waals surface area contributed by atoms with E-state index in [9.17, 15) is 0 Å². The van der Waals surface area contributed by atoms with E-state index >= 15 is 0 Å². The predicted molar refractivity (Wildman–Crippen MR) is 170 cm³/mol. The molecule has 0 aromatic carbocycles. The van der Waals surface area contributed by atoms with E-state index in [0.29, 0.717) is 0 Å². The molecule has 220 valence electrons. The fraction of sp³-hybridized carbons (Fsp3) is 1.00. The molecule has 0 heteroatoms. The van der Waals surface area contributed by atoms with Crippen molar-refractivity contribution in [2.24, 2.45) is 35.5 Å². The van der Waals surface area contributed by atoms with Gasteiger partial charge in [-0.2, -0.15) is 0 Å². The average Bonchev–Trinajstić information content (AvgIpc) is 2.89. The molecule has 0 saturated heterocycles. The summed E-state index contributed by atoms with van der Waals surface area (Å²) in [5.74, 6) is 5.95. The molecule has 36 heavy (non-hydrogen) atoms. The van der Waals surface area contributed by atoms with Gasteiger partial charge in [0, 0.05) is 0 Å². The van der Waals surface area contributed by atoms with Crippen LogP contribution in [0.2, 0.25) is 0 Å². The molecule has 0 radical (unpaired) electrons. The lowest BCUT2D eigenvalue weighted by atomic mass is 9.78. The standard InChI is InChI=1S/C23H48.C13H28/c1-7-13-20(10-4)16-17-23(18-21(11-5)14-8-2)19-22(12-6)15-9-3;1-5-9-12(7-3)11-13(8-4)10-6-2/h20-23H,7-19H2,1-6H3;12-13H,5-11H2,1-4H3. The molecule has 0 spiro atoms. The normalized spacial score (nSPS) is 16.5. The van der Waals surface area contributed by atoms with Gasteiger partial charge in [0.2, 0.25) is 0 Å². The monoisotopic (exact) mass is 509 g/mol. The molecule has 0 aliphatic rings. The third kappa shape index (κ3) is 21.0. The number of hydrogen-bond donors (Lipinski definition) is 0. The minimum atomic E-state index is 0.982. The Morgan fingerprint density at radius 3 is 0.722 bits per heavy atom. The Balaban J connectivity index is 0. The van der Waals surface area contributed by atoms with Crippen molar-refractivity contribution in [2.45, 2.75) is 198 Å². The van der Waals surface area contributed by atoms with Crippen molar-refractivity contribution in [1.82, 2.24) is 0 Å². The van der Waals surface area contributed by atoms with Gasteiger partial charge in [-0.25, -0.2) is 0 Å². The highest BCUT2D eigenvalue weighted by molar-refractivity contribution is 4.72. The van der Waals surface area contributed by atoms with Gasteiger partial charge in [-0.15, -0.1) is 0 Å². The van der Waals surface area contributed by atoms with Crippen LogP contribution in [0.5, 0.6) is 0 Å². The Bertz CT molecular complexity index is 371. The average molecular weight is 509 g/mol. The molecule has 5 unspecified atom stereocenters. The minimum absolute atomic E-state index is 0.982. The summed E-state index contributed by atoms with van der Waals surface area (Å²) in [6, 6.07) is 0. The Kier molecular flexibility index (Phi) is 29.7. The van der Waals surface area contributed by atoms with E-state index in [1.165, 1.54) is 128 Å². The van der Waals surface area contributed by atoms with Crippen molar-refractivity contribution >= 4 is 0 Å². The van der Waals surface area contributed by atoms with E-state index in [1.54, 1.807) is 0 Å². The molecule has 0 rings (SSSR count). The van der Waals surface area contributed by atoms with E-state index in [0.717, 1.165) is 35.5 Å². The molecule has 0 N–H and O–H groups in total. The second-order valence-electron chi connectivity index (χ2n) is 12.5. The molecule has 0 aliphatic carbocycles. The van der Waals surface area contributed by atoms with Crippen LogP contribution in [0.25, 0.3) is 0 Å². The molecular weight excluding hydrogens is 432 g/mol. The zero-order valence-corrected chi connectivity index (χ0v) is 27.6. The van der Waals surface area contributed by atoms with Crippen molar-refractivity contribution in [3.63, 3.8) is 0 Å². The van der Waals surface area contributed by atoms with Crippen LogP contribution >= 0.6 is 0 Å². The fourth-order valence-corrected chi connectivity index (χ4v) is 6.77. The van der Waals surface area contributed by atoms with Gasteiger partial charge in [0.25, 0.3) is 0 Å². The third-order valence-corrected chi connectivity index (χ3v) is 9.35.